The Balaban J connectivity index is 1.27. The predicted molar refractivity (Wildman–Crippen MR) is 148 cm³/mol. The van der Waals surface area contributed by atoms with Gasteiger partial charge in [0, 0.05) is 53.6 Å². The van der Waals surface area contributed by atoms with Crippen molar-refractivity contribution in [2.24, 2.45) is 11.8 Å². The van der Waals surface area contributed by atoms with Gasteiger partial charge in [0.05, 0.1) is 6.20 Å². The number of likely N-dealkylation sites (tertiary alicyclic amines) is 1. The molecule has 3 atom stereocenters. The summed E-state index contributed by atoms with van der Waals surface area (Å²) in [5.41, 5.74) is 1.47. The van der Waals surface area contributed by atoms with E-state index in [9.17, 15) is 9.18 Å². The molecule has 0 radical (unpaired) electrons. The molecular weight excluding hydrogens is 598 g/mol. The number of halogens is 2. The van der Waals surface area contributed by atoms with Crippen molar-refractivity contribution in [1.29, 1.82) is 5.26 Å². The maximum atomic E-state index is 13.7. The average molecular weight is 626 g/mol. The van der Waals surface area contributed by atoms with Gasteiger partial charge in [0.2, 0.25) is 11.8 Å². The zero-order chi connectivity index (χ0) is 26.6. The van der Waals surface area contributed by atoms with Crippen LogP contribution < -0.4 is 9.64 Å². The summed E-state index contributed by atoms with van der Waals surface area (Å²) < 4.78 is 20.6. The minimum Gasteiger partial charge on any atom is -0.474 e. The Morgan fingerprint density at radius 3 is 2.50 bits per heavy atom. The molecule has 2 saturated heterocycles. The SMILES string of the molecule is C[C@H](Oc1ccc(F)cn1)[C@H]1CN(C(=O)C2CCN(c3ccc(C#N)nn3)CC2)C[C@@H]1c1ccc(I)cc1. The van der Waals surface area contributed by atoms with E-state index in [2.05, 4.69) is 66.9 Å². The Morgan fingerprint density at radius 1 is 1.11 bits per heavy atom. The van der Waals surface area contributed by atoms with Gasteiger partial charge in [0.25, 0.3) is 0 Å². The van der Waals surface area contributed by atoms with Crippen molar-refractivity contribution < 1.29 is 13.9 Å². The first-order chi connectivity index (χ1) is 18.4. The first kappa shape index (κ1) is 26.3. The Kier molecular flexibility index (Phi) is 8.02. The third-order valence-electron chi connectivity index (χ3n) is 7.52. The van der Waals surface area contributed by atoms with Crippen LogP contribution in [-0.2, 0) is 4.79 Å². The minimum atomic E-state index is -0.406. The fourth-order valence-electron chi connectivity index (χ4n) is 5.42. The minimum absolute atomic E-state index is 0.0521. The molecule has 196 valence electrons. The number of piperidine rings is 1. The van der Waals surface area contributed by atoms with Crippen LogP contribution in [0, 0.1) is 32.6 Å². The molecule has 0 bridgehead atoms. The number of pyridine rings is 1. The fourth-order valence-corrected chi connectivity index (χ4v) is 5.78. The second-order valence-electron chi connectivity index (χ2n) is 9.85. The highest BCUT2D eigenvalue weighted by Crippen LogP contribution is 2.38. The van der Waals surface area contributed by atoms with E-state index in [1.54, 1.807) is 6.07 Å². The largest absolute Gasteiger partial charge is 0.474 e. The molecule has 0 N–H and O–H groups in total. The van der Waals surface area contributed by atoms with Gasteiger partial charge in [-0.15, -0.1) is 10.2 Å². The highest BCUT2D eigenvalue weighted by molar-refractivity contribution is 14.1. The number of rotatable bonds is 6. The molecule has 10 heteroatoms. The van der Waals surface area contributed by atoms with Gasteiger partial charge in [0.15, 0.2) is 11.5 Å². The summed E-state index contributed by atoms with van der Waals surface area (Å²) in [6, 6.07) is 16.8. The van der Waals surface area contributed by atoms with Crippen LogP contribution in [0.4, 0.5) is 10.2 Å². The number of amides is 1. The van der Waals surface area contributed by atoms with E-state index >= 15 is 0 Å². The third-order valence-corrected chi connectivity index (χ3v) is 8.24. The van der Waals surface area contributed by atoms with Gasteiger partial charge < -0.3 is 14.5 Å². The van der Waals surface area contributed by atoms with Gasteiger partial charge in [-0.25, -0.2) is 9.37 Å². The number of hydrogen-bond donors (Lipinski definition) is 0. The van der Waals surface area contributed by atoms with Crippen LogP contribution in [0.5, 0.6) is 5.88 Å². The van der Waals surface area contributed by atoms with E-state index in [1.165, 1.54) is 17.7 Å². The highest BCUT2D eigenvalue weighted by Gasteiger charge is 2.42. The average Bonchev–Trinajstić information content (AvgIpc) is 3.40. The summed E-state index contributed by atoms with van der Waals surface area (Å²) in [6.07, 6.45) is 2.41. The quantitative estimate of drug-likeness (QED) is 0.374. The molecule has 2 fully saturated rings. The number of nitriles is 1. The van der Waals surface area contributed by atoms with E-state index in [0.717, 1.165) is 28.4 Å². The zero-order valence-corrected chi connectivity index (χ0v) is 23.2. The Bertz CT molecular complexity index is 1290. The van der Waals surface area contributed by atoms with Gasteiger partial charge in [-0.3, -0.25) is 4.79 Å². The van der Waals surface area contributed by atoms with Crippen molar-refractivity contribution in [2.45, 2.75) is 31.8 Å². The number of nitrogens with zero attached hydrogens (tertiary/aromatic N) is 6. The smallest absolute Gasteiger partial charge is 0.225 e. The van der Waals surface area contributed by atoms with E-state index in [1.807, 2.05) is 24.0 Å². The maximum Gasteiger partial charge on any atom is 0.225 e. The van der Waals surface area contributed by atoms with Crippen LogP contribution in [0.25, 0.3) is 0 Å². The van der Waals surface area contributed by atoms with Crippen LogP contribution in [0.1, 0.15) is 36.9 Å². The van der Waals surface area contributed by atoms with Gasteiger partial charge in [-0.1, -0.05) is 12.1 Å². The molecule has 0 aliphatic carbocycles. The molecule has 0 unspecified atom stereocenters. The number of carbonyl (C=O) groups excluding carboxylic acids is 1. The Hall–Kier alpha value is -3.33. The molecule has 0 saturated carbocycles. The van der Waals surface area contributed by atoms with Crippen molar-refractivity contribution in [2.75, 3.05) is 31.1 Å². The Morgan fingerprint density at radius 2 is 1.87 bits per heavy atom. The lowest BCUT2D eigenvalue weighted by Crippen LogP contribution is -2.42. The van der Waals surface area contributed by atoms with Gasteiger partial charge in [0.1, 0.15) is 18.0 Å². The molecule has 2 aliphatic rings. The molecule has 2 aromatic heterocycles. The second kappa shape index (κ2) is 11.6. The molecule has 2 aliphatic heterocycles. The summed E-state index contributed by atoms with van der Waals surface area (Å²) in [5.74, 6) is 1.03. The molecule has 1 aromatic carbocycles. The summed E-state index contributed by atoms with van der Waals surface area (Å²) in [5, 5.41) is 17.0. The van der Waals surface area contributed by atoms with Gasteiger partial charge in [-0.2, -0.15) is 5.26 Å². The zero-order valence-electron chi connectivity index (χ0n) is 21.0. The molecule has 5 rings (SSSR count). The fraction of sp³-hybridized carbons (Fsp3) is 0.393. The lowest BCUT2D eigenvalue weighted by Gasteiger charge is -2.33. The van der Waals surface area contributed by atoms with Crippen LogP contribution in [-0.4, -0.2) is 58.3 Å². The first-order valence-corrected chi connectivity index (χ1v) is 13.8. The van der Waals surface area contributed by atoms with Crippen LogP contribution >= 0.6 is 22.6 Å². The van der Waals surface area contributed by atoms with E-state index in [4.69, 9.17) is 10.00 Å². The molecule has 0 spiro atoms. The summed E-state index contributed by atoms with van der Waals surface area (Å²) in [7, 11) is 0. The van der Waals surface area contributed by atoms with Crippen LogP contribution in [0.2, 0.25) is 0 Å². The third kappa shape index (κ3) is 5.88. The predicted octanol–water partition coefficient (Wildman–Crippen LogP) is 4.41. The number of benzene rings is 1. The van der Waals surface area contributed by atoms with Crippen LogP contribution in [0.15, 0.2) is 54.7 Å². The molecule has 8 nitrogen and oxygen atoms in total. The summed E-state index contributed by atoms with van der Waals surface area (Å²) in [6.45, 7) is 4.66. The topological polar surface area (TPSA) is 95.2 Å². The maximum absolute atomic E-state index is 13.7. The van der Waals surface area contributed by atoms with Crippen LogP contribution in [0.3, 0.4) is 0 Å². The molecule has 3 aromatic rings. The number of aromatic nitrogens is 3. The molecule has 38 heavy (non-hydrogen) atoms. The molecular formula is C28H28FIN6O2. The molecule has 1 amide bonds. The summed E-state index contributed by atoms with van der Waals surface area (Å²) in [4.78, 5) is 21.8. The normalized spacial score (nSPS) is 20.7. The summed E-state index contributed by atoms with van der Waals surface area (Å²) >= 11 is 2.29. The van der Waals surface area contributed by atoms with E-state index < -0.39 is 5.82 Å². The van der Waals surface area contributed by atoms with E-state index in [-0.39, 0.29) is 29.8 Å². The lowest BCUT2D eigenvalue weighted by molar-refractivity contribution is -0.135. The van der Waals surface area contributed by atoms with Crippen molar-refractivity contribution in [3.8, 4) is 11.9 Å². The lowest BCUT2D eigenvalue weighted by atomic mass is 9.86. The Labute approximate surface area is 235 Å². The number of ether oxygens (including phenoxy) is 1. The van der Waals surface area contributed by atoms with Gasteiger partial charge >= 0.3 is 0 Å². The monoisotopic (exact) mass is 626 g/mol. The standard InChI is InChI=1S/C28H28FIN6O2/c1-18(38-27-9-4-21(29)15-32-27)24-16-36(17-25(24)19-2-5-22(30)6-3-19)28(37)20-10-12-35(13-11-20)26-8-7-23(14-31)33-34-26/h2-9,15,18,20,24-25H,10-13,16-17H2,1H3/t18-,24+,25+/m0/s1. The highest BCUT2D eigenvalue weighted by atomic mass is 127. The van der Waals surface area contributed by atoms with Gasteiger partial charge in [-0.05, 0) is 78.3 Å². The second-order valence-corrected chi connectivity index (χ2v) is 11.1. The van der Waals surface area contributed by atoms with Crippen molar-refractivity contribution >= 4 is 34.3 Å². The number of hydrogen-bond acceptors (Lipinski definition) is 7. The number of anilines is 1. The molecule has 4 heterocycles. The van der Waals surface area contributed by atoms with Crippen molar-refractivity contribution in [3.05, 3.63) is 75.4 Å². The number of carbonyl (C=O) groups is 1. The van der Waals surface area contributed by atoms with E-state index in [0.29, 0.717) is 37.8 Å². The van der Waals surface area contributed by atoms with Crippen molar-refractivity contribution in [3.63, 3.8) is 0 Å². The first-order valence-electron chi connectivity index (χ1n) is 12.7. The van der Waals surface area contributed by atoms with Crippen molar-refractivity contribution in [1.82, 2.24) is 20.1 Å².